The van der Waals surface area contributed by atoms with Crippen molar-refractivity contribution in [3.63, 3.8) is 0 Å². The molecular weight excluding hydrogens is 527 g/mol. The number of hydrogen-bond acceptors (Lipinski definition) is 10. The Bertz CT molecular complexity index is 1490. The number of primary amides is 1. The normalized spacial score (nSPS) is 18.4. The van der Waals surface area contributed by atoms with Gasteiger partial charge >= 0.3 is 12.3 Å². The van der Waals surface area contributed by atoms with Crippen molar-refractivity contribution in [1.29, 1.82) is 0 Å². The van der Waals surface area contributed by atoms with Crippen LogP contribution in [0.25, 0.3) is 10.2 Å². The molecule has 16 heteroatoms. The Morgan fingerprint density at radius 3 is 2.56 bits per heavy atom. The number of nitrogens with one attached hydrogen (secondary N) is 2. The van der Waals surface area contributed by atoms with Gasteiger partial charge in [0.25, 0.3) is 0 Å². The van der Waals surface area contributed by atoms with Crippen LogP contribution < -0.4 is 26.0 Å². The lowest BCUT2D eigenvalue weighted by Gasteiger charge is -2.41. The molecule has 1 aliphatic rings. The summed E-state index contributed by atoms with van der Waals surface area (Å²) in [7, 11) is -2.73. The largest absolute Gasteiger partial charge is 0.573 e. The van der Waals surface area contributed by atoms with Gasteiger partial charge in [0.05, 0.1) is 27.2 Å². The standard InChI is InChI=1S/C20H18F3N5O6S2/c1-28-13-6-3-9(17(30)31)7-12(13)26-19(28,15(16(24)29)36(2,32)33)27-18-25-11-5-4-10(8-14(11)35-18)34-20(21,22)23/h3-8,15,26H,1-2H3,(H2,24,29)(H,25,27)(H,30,31). The number of fused-ring (bicyclic) bond motifs is 2. The fourth-order valence-corrected chi connectivity index (χ4v) is 6.28. The lowest BCUT2D eigenvalue weighted by molar-refractivity contribution is -0.274. The summed E-state index contributed by atoms with van der Waals surface area (Å²) in [6.07, 6.45) is -4.09. The van der Waals surface area contributed by atoms with E-state index in [9.17, 15) is 36.3 Å². The molecule has 11 nitrogen and oxygen atoms in total. The summed E-state index contributed by atoms with van der Waals surface area (Å²) in [5.74, 6) is -4.88. The van der Waals surface area contributed by atoms with Crippen LogP contribution in [-0.4, -0.2) is 61.1 Å². The van der Waals surface area contributed by atoms with Gasteiger partial charge in [-0.05, 0) is 30.3 Å². The third-order valence-corrected chi connectivity index (χ3v) is 7.78. The molecule has 1 aliphatic heterocycles. The van der Waals surface area contributed by atoms with Gasteiger partial charge in [0.15, 0.2) is 15.0 Å². The van der Waals surface area contributed by atoms with Crippen LogP contribution in [0.5, 0.6) is 5.75 Å². The summed E-state index contributed by atoms with van der Waals surface area (Å²) in [6.45, 7) is 0. The van der Waals surface area contributed by atoms with Crippen LogP contribution in [-0.2, 0) is 14.6 Å². The number of ether oxygens (including phenoxy) is 1. The molecule has 0 aliphatic carbocycles. The Kier molecular flexibility index (Phi) is 5.91. The number of halogens is 3. The zero-order valence-electron chi connectivity index (χ0n) is 18.5. The van der Waals surface area contributed by atoms with E-state index in [0.717, 1.165) is 29.7 Å². The minimum Gasteiger partial charge on any atom is -0.478 e. The van der Waals surface area contributed by atoms with Gasteiger partial charge in [-0.2, -0.15) is 0 Å². The number of rotatable bonds is 7. The maximum atomic E-state index is 12.7. The van der Waals surface area contributed by atoms with Gasteiger partial charge in [-0.1, -0.05) is 11.3 Å². The number of amides is 1. The molecule has 0 saturated carbocycles. The Labute approximate surface area is 205 Å². The second-order valence-corrected chi connectivity index (χ2v) is 11.1. The molecular formula is C20H18F3N5O6S2. The number of sulfone groups is 1. The van der Waals surface area contributed by atoms with Crippen LogP contribution in [0.1, 0.15) is 10.4 Å². The molecule has 0 saturated heterocycles. The van der Waals surface area contributed by atoms with E-state index in [1.807, 2.05) is 0 Å². The number of anilines is 3. The Morgan fingerprint density at radius 1 is 1.28 bits per heavy atom. The molecule has 3 aromatic rings. The monoisotopic (exact) mass is 545 g/mol. The first-order valence-electron chi connectivity index (χ1n) is 9.93. The number of aromatic carboxylic acids is 1. The van der Waals surface area contributed by atoms with Crippen molar-refractivity contribution in [3.8, 4) is 5.75 Å². The van der Waals surface area contributed by atoms with Crippen molar-refractivity contribution in [3.05, 3.63) is 42.0 Å². The van der Waals surface area contributed by atoms with Gasteiger partial charge in [0.2, 0.25) is 16.9 Å². The van der Waals surface area contributed by atoms with Crippen molar-refractivity contribution >= 4 is 59.8 Å². The van der Waals surface area contributed by atoms with Crippen LogP contribution in [0.4, 0.5) is 29.7 Å². The summed E-state index contributed by atoms with van der Waals surface area (Å²) in [4.78, 5) is 29.5. The average molecular weight is 546 g/mol. The molecule has 4 rings (SSSR count). The van der Waals surface area contributed by atoms with Crippen LogP contribution >= 0.6 is 11.3 Å². The molecule has 5 N–H and O–H groups in total. The molecule has 0 fully saturated rings. The molecule has 0 radical (unpaired) electrons. The van der Waals surface area contributed by atoms with Crippen LogP contribution in [0, 0.1) is 0 Å². The van der Waals surface area contributed by atoms with Crippen molar-refractivity contribution in [2.24, 2.45) is 5.73 Å². The first-order valence-corrected chi connectivity index (χ1v) is 12.7. The van der Waals surface area contributed by atoms with E-state index in [1.54, 1.807) is 0 Å². The molecule has 192 valence electrons. The van der Waals surface area contributed by atoms with E-state index < -0.39 is 44.9 Å². The van der Waals surface area contributed by atoms with Gasteiger partial charge in [0, 0.05) is 19.4 Å². The summed E-state index contributed by atoms with van der Waals surface area (Å²) in [5.41, 5.74) is 6.23. The van der Waals surface area contributed by atoms with Crippen LogP contribution in [0.3, 0.4) is 0 Å². The fourth-order valence-electron chi connectivity index (χ4n) is 4.01. The number of nitrogens with zero attached hydrogens (tertiary/aromatic N) is 2. The number of alkyl halides is 3. The highest BCUT2D eigenvalue weighted by molar-refractivity contribution is 7.92. The van der Waals surface area contributed by atoms with Gasteiger partial charge < -0.3 is 31.1 Å². The van der Waals surface area contributed by atoms with Gasteiger partial charge in [-0.3, -0.25) is 4.79 Å². The first-order chi connectivity index (χ1) is 16.6. The van der Waals surface area contributed by atoms with Crippen molar-refractivity contribution in [2.75, 3.05) is 28.8 Å². The third-order valence-electron chi connectivity index (χ3n) is 5.42. The molecule has 1 aromatic heterocycles. The molecule has 2 aromatic carbocycles. The zero-order chi connectivity index (χ0) is 26.6. The third kappa shape index (κ3) is 4.56. The molecule has 0 bridgehead atoms. The average Bonchev–Trinajstić information content (AvgIpc) is 3.23. The summed E-state index contributed by atoms with van der Waals surface area (Å²) in [6, 6.07) is 7.45. The maximum Gasteiger partial charge on any atom is 0.573 e. The Morgan fingerprint density at radius 2 is 1.97 bits per heavy atom. The lowest BCUT2D eigenvalue weighted by Crippen LogP contribution is -2.68. The van der Waals surface area contributed by atoms with E-state index in [0.29, 0.717) is 5.69 Å². The summed E-state index contributed by atoms with van der Waals surface area (Å²) < 4.78 is 67.5. The molecule has 2 atom stereocenters. The number of thiazole rings is 1. The fraction of sp³-hybridized carbons (Fsp3) is 0.250. The van der Waals surface area contributed by atoms with Crippen LogP contribution in [0.15, 0.2) is 36.4 Å². The number of nitrogens with two attached hydrogens (primary N) is 1. The van der Waals surface area contributed by atoms with Crippen LogP contribution in [0.2, 0.25) is 0 Å². The molecule has 1 amide bonds. The maximum absolute atomic E-state index is 12.7. The van der Waals surface area contributed by atoms with E-state index in [1.165, 1.54) is 36.2 Å². The minimum atomic E-state index is -4.90. The topological polar surface area (TPSA) is 164 Å². The van der Waals surface area contributed by atoms with Gasteiger partial charge in [0.1, 0.15) is 5.75 Å². The molecule has 2 unspecified atom stereocenters. The highest BCUT2D eigenvalue weighted by Gasteiger charge is 2.56. The van der Waals surface area contributed by atoms with E-state index in [-0.39, 0.29) is 26.6 Å². The van der Waals surface area contributed by atoms with Crippen molar-refractivity contribution in [1.82, 2.24) is 4.98 Å². The number of aromatic nitrogens is 1. The number of carboxylic acid groups (broad SMARTS) is 1. The van der Waals surface area contributed by atoms with E-state index >= 15 is 0 Å². The van der Waals surface area contributed by atoms with E-state index in [2.05, 4.69) is 20.4 Å². The zero-order valence-corrected chi connectivity index (χ0v) is 20.1. The van der Waals surface area contributed by atoms with Crippen molar-refractivity contribution in [2.45, 2.75) is 17.4 Å². The lowest BCUT2D eigenvalue weighted by atomic mass is 10.2. The summed E-state index contributed by atoms with van der Waals surface area (Å²) in [5, 5.41) is 13.2. The highest BCUT2D eigenvalue weighted by Crippen LogP contribution is 2.44. The SMILES string of the molecule is CN1c2ccc(C(=O)O)cc2NC1(Nc1nc2ccc(OC(F)(F)F)cc2s1)C(C(N)=O)S(C)(=O)=O. The number of hydrogen-bond donors (Lipinski definition) is 4. The quantitative estimate of drug-likeness (QED) is 0.347. The second-order valence-electron chi connectivity index (χ2n) is 7.92. The number of carbonyl (C=O) groups is 2. The minimum absolute atomic E-state index is 0.0367. The number of benzene rings is 2. The first kappa shape index (κ1) is 25.3. The molecule has 36 heavy (non-hydrogen) atoms. The molecule has 2 heterocycles. The van der Waals surface area contributed by atoms with E-state index in [4.69, 9.17) is 5.73 Å². The van der Waals surface area contributed by atoms with Gasteiger partial charge in [-0.15, -0.1) is 13.2 Å². The second kappa shape index (κ2) is 8.41. The molecule has 0 spiro atoms. The Hall–Kier alpha value is -3.79. The van der Waals surface area contributed by atoms with Crippen molar-refractivity contribution < 1.29 is 41.0 Å². The van der Waals surface area contributed by atoms with Gasteiger partial charge in [-0.25, -0.2) is 18.2 Å². The predicted molar refractivity (Wildman–Crippen MR) is 126 cm³/mol. The number of carbonyl (C=O) groups excluding carboxylic acids is 1. The Balaban J connectivity index is 1.82. The predicted octanol–water partition coefficient (Wildman–Crippen LogP) is 2.42. The highest BCUT2D eigenvalue weighted by atomic mass is 32.2. The smallest absolute Gasteiger partial charge is 0.478 e. The number of carboxylic acids is 1. The summed E-state index contributed by atoms with van der Waals surface area (Å²) >= 11 is 0.874.